The molecule has 9 heteroatoms. The van der Waals surface area contributed by atoms with Gasteiger partial charge in [0, 0.05) is 12.4 Å². The van der Waals surface area contributed by atoms with Crippen molar-refractivity contribution in [2.24, 2.45) is 5.73 Å². The molecule has 152 valence electrons. The minimum absolute atomic E-state index is 0.0231. The summed E-state index contributed by atoms with van der Waals surface area (Å²) in [5.41, 5.74) is 7.62. The quantitative estimate of drug-likeness (QED) is 0.630. The first-order valence-electron chi connectivity index (χ1n) is 9.48. The normalized spacial score (nSPS) is 13.4. The van der Waals surface area contributed by atoms with Crippen molar-refractivity contribution in [2.75, 3.05) is 19.8 Å². The Balaban J connectivity index is 1.65. The zero-order valence-corrected chi connectivity index (χ0v) is 16.4. The molecule has 1 aliphatic rings. The predicted octanol–water partition coefficient (Wildman–Crippen LogP) is 2.18. The van der Waals surface area contributed by atoms with Crippen LogP contribution in [0, 0.1) is 18.3 Å². The van der Waals surface area contributed by atoms with E-state index in [-0.39, 0.29) is 6.10 Å². The van der Waals surface area contributed by atoms with Gasteiger partial charge in [0.1, 0.15) is 17.7 Å². The Bertz CT molecular complexity index is 1080. The first kappa shape index (κ1) is 19.7. The van der Waals surface area contributed by atoms with Gasteiger partial charge in [-0.1, -0.05) is 0 Å². The van der Waals surface area contributed by atoms with Gasteiger partial charge in [-0.15, -0.1) is 0 Å². The molecule has 30 heavy (non-hydrogen) atoms. The SMILES string of the molecule is Cc1nc(Oc2cc(C#N)ccc2-c2ncc(CCN)cn2)cc(OC2COC2)n1. The van der Waals surface area contributed by atoms with Crippen LogP contribution in [0.1, 0.15) is 17.0 Å². The minimum Gasteiger partial charge on any atom is -0.469 e. The van der Waals surface area contributed by atoms with Crippen LogP contribution < -0.4 is 15.2 Å². The molecule has 0 amide bonds. The first-order chi connectivity index (χ1) is 14.6. The molecule has 0 aliphatic carbocycles. The Labute approximate surface area is 173 Å². The van der Waals surface area contributed by atoms with E-state index in [1.54, 1.807) is 43.6 Å². The van der Waals surface area contributed by atoms with Crippen molar-refractivity contribution >= 4 is 0 Å². The van der Waals surface area contributed by atoms with E-state index in [4.69, 9.17) is 19.9 Å². The molecule has 4 rings (SSSR count). The Hall–Kier alpha value is -3.61. The third-order valence-corrected chi connectivity index (χ3v) is 4.39. The monoisotopic (exact) mass is 404 g/mol. The summed E-state index contributed by atoms with van der Waals surface area (Å²) in [5, 5.41) is 9.30. The van der Waals surface area contributed by atoms with Crippen LogP contribution in [-0.4, -0.2) is 45.8 Å². The number of nitrogens with two attached hydrogens (primary N) is 1. The number of aromatic nitrogens is 4. The van der Waals surface area contributed by atoms with Crippen molar-refractivity contribution in [3.05, 3.63) is 53.6 Å². The Morgan fingerprint density at radius 3 is 2.60 bits per heavy atom. The molecule has 2 N–H and O–H groups in total. The highest BCUT2D eigenvalue weighted by Crippen LogP contribution is 2.33. The van der Waals surface area contributed by atoms with Crippen LogP contribution in [0.15, 0.2) is 36.7 Å². The molecule has 9 nitrogen and oxygen atoms in total. The summed E-state index contributed by atoms with van der Waals surface area (Å²) in [6.07, 6.45) is 4.15. The fraction of sp³-hybridized carbons (Fsp3) is 0.286. The average molecular weight is 404 g/mol. The van der Waals surface area contributed by atoms with Gasteiger partial charge in [0.25, 0.3) is 0 Å². The van der Waals surface area contributed by atoms with Crippen LogP contribution in [0.3, 0.4) is 0 Å². The number of ether oxygens (including phenoxy) is 3. The molecule has 1 aliphatic heterocycles. The smallest absolute Gasteiger partial charge is 0.226 e. The lowest BCUT2D eigenvalue weighted by atomic mass is 10.1. The topological polar surface area (TPSA) is 129 Å². The summed E-state index contributed by atoms with van der Waals surface area (Å²) in [4.78, 5) is 17.4. The maximum Gasteiger partial charge on any atom is 0.226 e. The molecular formula is C21H20N6O3. The van der Waals surface area contributed by atoms with Gasteiger partial charge < -0.3 is 19.9 Å². The molecule has 1 fully saturated rings. The first-order valence-corrected chi connectivity index (χ1v) is 9.48. The van der Waals surface area contributed by atoms with E-state index in [2.05, 4.69) is 26.0 Å². The van der Waals surface area contributed by atoms with Crippen LogP contribution in [-0.2, 0) is 11.2 Å². The number of hydrogen-bond donors (Lipinski definition) is 1. The van der Waals surface area contributed by atoms with Gasteiger partial charge in [0.2, 0.25) is 11.8 Å². The Kier molecular flexibility index (Phi) is 5.79. The summed E-state index contributed by atoms with van der Waals surface area (Å²) in [6, 6.07) is 8.80. The van der Waals surface area contributed by atoms with Gasteiger partial charge in [-0.2, -0.15) is 15.2 Å². The summed E-state index contributed by atoms with van der Waals surface area (Å²) in [7, 11) is 0. The predicted molar refractivity (Wildman–Crippen MR) is 107 cm³/mol. The van der Waals surface area contributed by atoms with Gasteiger partial charge in [0.05, 0.1) is 36.5 Å². The summed E-state index contributed by atoms with van der Waals surface area (Å²) >= 11 is 0. The molecule has 3 aromatic rings. The van der Waals surface area contributed by atoms with Crippen LogP contribution in [0.4, 0.5) is 0 Å². The van der Waals surface area contributed by atoms with Crippen molar-refractivity contribution < 1.29 is 14.2 Å². The van der Waals surface area contributed by atoms with E-state index in [0.29, 0.717) is 66.5 Å². The summed E-state index contributed by atoms with van der Waals surface area (Å²) in [5.74, 6) is 2.10. The molecule has 0 bridgehead atoms. The maximum atomic E-state index is 9.30. The van der Waals surface area contributed by atoms with Crippen molar-refractivity contribution in [2.45, 2.75) is 19.4 Å². The second-order valence-corrected chi connectivity index (χ2v) is 6.75. The second kappa shape index (κ2) is 8.82. The Morgan fingerprint density at radius 1 is 1.17 bits per heavy atom. The van der Waals surface area contributed by atoms with E-state index < -0.39 is 0 Å². The fourth-order valence-electron chi connectivity index (χ4n) is 2.84. The zero-order chi connectivity index (χ0) is 20.9. The lowest BCUT2D eigenvalue weighted by Crippen LogP contribution is -2.38. The van der Waals surface area contributed by atoms with E-state index in [0.717, 1.165) is 5.56 Å². The van der Waals surface area contributed by atoms with E-state index in [1.165, 1.54) is 0 Å². The molecule has 0 radical (unpaired) electrons. The highest BCUT2D eigenvalue weighted by Gasteiger charge is 2.21. The molecule has 1 aromatic carbocycles. The van der Waals surface area contributed by atoms with Crippen LogP contribution in [0.2, 0.25) is 0 Å². The van der Waals surface area contributed by atoms with E-state index >= 15 is 0 Å². The second-order valence-electron chi connectivity index (χ2n) is 6.75. The molecule has 0 unspecified atom stereocenters. The molecule has 1 saturated heterocycles. The van der Waals surface area contributed by atoms with Gasteiger partial charge in [-0.3, -0.25) is 0 Å². The fourth-order valence-corrected chi connectivity index (χ4v) is 2.84. The molecular weight excluding hydrogens is 384 g/mol. The highest BCUT2D eigenvalue weighted by molar-refractivity contribution is 5.66. The number of rotatable bonds is 7. The van der Waals surface area contributed by atoms with Crippen LogP contribution >= 0.6 is 0 Å². The largest absolute Gasteiger partial charge is 0.469 e. The average Bonchev–Trinajstić information content (AvgIpc) is 2.71. The molecule has 0 saturated carbocycles. The number of aryl methyl sites for hydroxylation is 1. The number of nitrogens with zero attached hydrogens (tertiary/aromatic N) is 5. The Morgan fingerprint density at radius 2 is 1.93 bits per heavy atom. The van der Waals surface area contributed by atoms with Gasteiger partial charge in [-0.25, -0.2) is 9.97 Å². The van der Waals surface area contributed by atoms with Crippen molar-refractivity contribution in [1.82, 2.24) is 19.9 Å². The maximum absolute atomic E-state index is 9.30. The highest BCUT2D eigenvalue weighted by atomic mass is 16.6. The molecule has 0 spiro atoms. The van der Waals surface area contributed by atoms with Crippen molar-refractivity contribution in [3.63, 3.8) is 0 Å². The van der Waals surface area contributed by atoms with Crippen molar-refractivity contribution in [3.8, 4) is 35.0 Å². The van der Waals surface area contributed by atoms with Gasteiger partial charge in [-0.05, 0) is 43.7 Å². The summed E-state index contributed by atoms with van der Waals surface area (Å²) < 4.78 is 16.9. The van der Waals surface area contributed by atoms with Crippen molar-refractivity contribution in [1.29, 1.82) is 5.26 Å². The minimum atomic E-state index is -0.0231. The molecule has 2 aromatic heterocycles. The van der Waals surface area contributed by atoms with E-state index in [1.807, 2.05) is 0 Å². The van der Waals surface area contributed by atoms with E-state index in [9.17, 15) is 5.26 Å². The molecule has 3 heterocycles. The third kappa shape index (κ3) is 4.51. The molecule has 0 atom stereocenters. The third-order valence-electron chi connectivity index (χ3n) is 4.39. The number of hydrogen-bond acceptors (Lipinski definition) is 9. The van der Waals surface area contributed by atoms with Gasteiger partial charge >= 0.3 is 0 Å². The van der Waals surface area contributed by atoms with Crippen LogP contribution in [0.25, 0.3) is 11.4 Å². The zero-order valence-electron chi connectivity index (χ0n) is 16.4. The van der Waals surface area contributed by atoms with Crippen LogP contribution in [0.5, 0.6) is 17.5 Å². The lowest BCUT2D eigenvalue weighted by Gasteiger charge is -2.26. The standard InChI is InChI=1S/C21H20N6O3/c1-13-26-19(29-16-11-28-12-16)7-20(27-13)30-18-6-14(8-23)2-3-17(18)21-24-9-15(4-5-22)10-25-21/h2-3,6-7,9-10,16H,4-5,11-12,22H2,1H3. The van der Waals surface area contributed by atoms with Gasteiger partial charge in [0.15, 0.2) is 5.82 Å². The number of nitriles is 1. The summed E-state index contributed by atoms with van der Waals surface area (Å²) in [6.45, 7) is 3.34. The number of benzene rings is 1. The lowest BCUT2D eigenvalue weighted by molar-refractivity contribution is -0.0814.